The summed E-state index contributed by atoms with van der Waals surface area (Å²) in [6.07, 6.45) is 3.47. The van der Waals surface area contributed by atoms with Gasteiger partial charge in [-0.1, -0.05) is 12.1 Å². The normalized spacial score (nSPS) is 11.7. The predicted octanol–water partition coefficient (Wildman–Crippen LogP) is 0.991. The van der Waals surface area contributed by atoms with Gasteiger partial charge in [0.05, 0.1) is 46.0 Å². The van der Waals surface area contributed by atoms with Crippen LogP contribution >= 0.6 is 0 Å². The highest BCUT2D eigenvalue weighted by atomic mass is 32.2. The minimum atomic E-state index is -5.55. The van der Waals surface area contributed by atoms with E-state index in [1.165, 1.54) is 0 Å². The van der Waals surface area contributed by atoms with Gasteiger partial charge in [0.2, 0.25) is 4.90 Å². The second-order valence-corrected chi connectivity index (χ2v) is 10.9. The van der Waals surface area contributed by atoms with E-state index in [0.29, 0.717) is 29.0 Å². The van der Waals surface area contributed by atoms with E-state index in [4.69, 9.17) is 14.6 Å². The van der Waals surface area contributed by atoms with Gasteiger partial charge in [0.15, 0.2) is 11.5 Å². The third-order valence-electron chi connectivity index (χ3n) is 4.13. The molecule has 204 valence electrons. The van der Waals surface area contributed by atoms with Crippen LogP contribution in [-0.4, -0.2) is 82.1 Å². The van der Waals surface area contributed by atoms with E-state index in [1.807, 2.05) is 18.2 Å². The zero-order chi connectivity index (χ0) is 28.3. The Kier molecular flexibility index (Phi) is 12.1. The lowest BCUT2D eigenvalue weighted by Gasteiger charge is -2.13. The molecule has 0 radical (unpaired) electrons. The van der Waals surface area contributed by atoms with Crippen LogP contribution in [0.2, 0.25) is 0 Å². The van der Waals surface area contributed by atoms with Crippen molar-refractivity contribution in [2.24, 2.45) is 0 Å². The van der Waals surface area contributed by atoms with E-state index in [-0.39, 0.29) is 25.3 Å². The molecule has 0 amide bonds. The average molecular weight is 566 g/mol. The second kappa shape index (κ2) is 14.2. The zero-order valence-corrected chi connectivity index (χ0v) is 21.0. The van der Waals surface area contributed by atoms with Crippen molar-refractivity contribution < 1.29 is 47.4 Å². The molecule has 0 heterocycles. The number of hydrogen-bond acceptors (Lipinski definition) is 13. The summed E-state index contributed by atoms with van der Waals surface area (Å²) in [5, 5.41) is 49.6. The second-order valence-electron chi connectivity index (χ2n) is 7.17. The van der Waals surface area contributed by atoms with E-state index in [2.05, 4.69) is 12.5 Å². The smallest absolute Gasteiger partial charge is 0.300 e. The van der Waals surface area contributed by atoms with E-state index < -0.39 is 52.9 Å². The van der Waals surface area contributed by atoms with Crippen molar-refractivity contribution in [1.29, 1.82) is 0 Å². The number of non-ortho nitro benzene ring substituents is 1. The average Bonchev–Trinajstić information content (AvgIpc) is 2.81. The summed E-state index contributed by atoms with van der Waals surface area (Å²) in [5.41, 5.74) is -4.11. The van der Waals surface area contributed by atoms with Gasteiger partial charge in [-0.2, -0.15) is 0 Å². The summed E-state index contributed by atoms with van der Waals surface area (Å²) in [4.78, 5) is 25.8. The number of ether oxygens (including phenoxy) is 2. The first kappa shape index (κ1) is 31.4. The molecule has 1 atom stereocenters. The zero-order valence-electron chi connectivity index (χ0n) is 19.4. The molecule has 0 spiro atoms. The Morgan fingerprint density at radius 2 is 1.43 bits per heavy atom. The summed E-state index contributed by atoms with van der Waals surface area (Å²) >= 11 is 0. The van der Waals surface area contributed by atoms with Crippen molar-refractivity contribution in [1.82, 2.24) is 0 Å². The number of nitro groups is 3. The summed E-state index contributed by atoms with van der Waals surface area (Å²) in [6.45, 7) is 0.402. The van der Waals surface area contributed by atoms with Crippen molar-refractivity contribution >= 4 is 38.1 Å². The Balaban J connectivity index is 0.000000371. The SMILES string of the molecule is C[S+](C)CCOc1ccccc1OCC(O)CO.O=[N+]([O-])c1cc([N+](=O)[O-])c(S(=O)(=O)[O-])c([N+](=O)[O-])c1. The fourth-order valence-electron chi connectivity index (χ4n) is 2.46. The Morgan fingerprint density at radius 3 is 1.81 bits per heavy atom. The fraction of sp³-hybridized carbons (Fsp3) is 0.368. The maximum atomic E-state index is 10.8. The lowest BCUT2D eigenvalue weighted by atomic mass is 10.2. The molecule has 0 aromatic heterocycles. The number of aliphatic hydroxyl groups is 2. The lowest BCUT2D eigenvalue weighted by Crippen LogP contribution is -2.21. The van der Waals surface area contributed by atoms with E-state index in [0.717, 1.165) is 5.75 Å². The fourth-order valence-corrected chi connectivity index (χ4v) is 3.66. The van der Waals surface area contributed by atoms with Crippen LogP contribution in [0.15, 0.2) is 41.3 Å². The molecular weight excluding hydrogens is 542 g/mol. The Morgan fingerprint density at radius 1 is 0.946 bits per heavy atom. The summed E-state index contributed by atoms with van der Waals surface area (Å²) < 4.78 is 43.6. The number of nitrogens with zero attached hydrogens (tertiary/aromatic N) is 3. The minimum Gasteiger partial charge on any atom is -0.744 e. The van der Waals surface area contributed by atoms with Crippen LogP contribution in [0.25, 0.3) is 0 Å². The van der Waals surface area contributed by atoms with Gasteiger partial charge in [0, 0.05) is 0 Å². The molecule has 0 saturated heterocycles. The molecule has 0 aliphatic carbocycles. The number of benzene rings is 2. The van der Waals surface area contributed by atoms with Gasteiger partial charge in [-0.3, -0.25) is 30.3 Å². The van der Waals surface area contributed by atoms with Crippen molar-refractivity contribution in [3.63, 3.8) is 0 Å². The quantitative estimate of drug-likeness (QED) is 0.158. The maximum absolute atomic E-state index is 10.8. The van der Waals surface area contributed by atoms with E-state index in [9.17, 15) is 48.4 Å². The molecule has 2 aromatic carbocycles. The number of hydrogen-bond donors (Lipinski definition) is 2. The van der Waals surface area contributed by atoms with Gasteiger partial charge in [0.25, 0.3) is 5.69 Å². The summed E-state index contributed by atoms with van der Waals surface area (Å²) in [7, 11) is -5.20. The van der Waals surface area contributed by atoms with Crippen molar-refractivity contribution in [3.05, 3.63) is 66.7 Å². The van der Waals surface area contributed by atoms with Crippen molar-refractivity contribution in [2.45, 2.75) is 11.0 Å². The van der Waals surface area contributed by atoms with Crippen LogP contribution in [0.5, 0.6) is 11.5 Å². The first-order valence-electron chi connectivity index (χ1n) is 9.93. The number of aliphatic hydroxyl groups excluding tert-OH is 2. The molecule has 2 rings (SSSR count). The first-order chi connectivity index (χ1) is 17.2. The molecule has 0 saturated carbocycles. The van der Waals surface area contributed by atoms with Crippen LogP contribution < -0.4 is 9.47 Å². The number of rotatable bonds is 12. The number of para-hydroxylation sites is 2. The van der Waals surface area contributed by atoms with Crippen LogP contribution in [0.3, 0.4) is 0 Å². The highest BCUT2D eigenvalue weighted by Crippen LogP contribution is 2.36. The van der Waals surface area contributed by atoms with Gasteiger partial charge < -0.3 is 24.2 Å². The van der Waals surface area contributed by atoms with Crippen LogP contribution in [0.1, 0.15) is 0 Å². The molecular formula is C19H23N3O13S2. The summed E-state index contributed by atoms with van der Waals surface area (Å²) in [5.74, 6) is 2.28. The van der Waals surface area contributed by atoms with Crippen molar-refractivity contribution in [3.8, 4) is 11.5 Å². The highest BCUT2D eigenvalue weighted by Gasteiger charge is 2.34. The molecule has 37 heavy (non-hydrogen) atoms. The van der Waals surface area contributed by atoms with Gasteiger partial charge in [0.1, 0.15) is 35.2 Å². The number of nitro benzene ring substituents is 3. The first-order valence-corrected chi connectivity index (χ1v) is 13.6. The Hall–Kier alpha value is -3.58. The molecule has 18 heteroatoms. The third-order valence-corrected chi connectivity index (χ3v) is 6.03. The lowest BCUT2D eigenvalue weighted by molar-refractivity contribution is -0.407. The van der Waals surface area contributed by atoms with Crippen LogP contribution in [0, 0.1) is 30.3 Å². The molecule has 1 unspecified atom stereocenters. The molecule has 16 nitrogen and oxygen atoms in total. The minimum absolute atomic E-state index is 0.0583. The van der Waals surface area contributed by atoms with Gasteiger partial charge >= 0.3 is 11.4 Å². The molecule has 0 aliphatic rings. The maximum Gasteiger partial charge on any atom is 0.300 e. The van der Waals surface area contributed by atoms with Gasteiger partial charge in [-0.05, 0) is 23.0 Å². The molecule has 0 aliphatic heterocycles. The Bertz CT molecular complexity index is 1190. The molecule has 2 N–H and O–H groups in total. The monoisotopic (exact) mass is 565 g/mol. The largest absolute Gasteiger partial charge is 0.744 e. The molecule has 2 aromatic rings. The Labute approximate surface area is 213 Å². The molecule has 0 fully saturated rings. The third kappa shape index (κ3) is 10.1. The topological polar surface area (TPSA) is 246 Å². The van der Waals surface area contributed by atoms with E-state index in [1.54, 1.807) is 6.07 Å². The standard InChI is InChI=1S/C13H21O4S.C6H3N3O9S/c1-18(2)8-7-16-12-5-3-4-6-13(12)17-10-11(15)9-14;10-7(11)3-1-4(8(12)13)6(19(16,17)18)5(2-3)9(14)15/h3-6,11,14-15H,7-10H2,1-2H3;1-2H,(H,16,17,18)/q+1;/p-1. The predicted molar refractivity (Wildman–Crippen MR) is 129 cm³/mol. The van der Waals surface area contributed by atoms with E-state index >= 15 is 0 Å². The summed E-state index contributed by atoms with van der Waals surface area (Å²) in [6, 6.07) is 7.68. The highest BCUT2D eigenvalue weighted by molar-refractivity contribution is 7.95. The van der Waals surface area contributed by atoms with Gasteiger partial charge in [-0.15, -0.1) is 0 Å². The van der Waals surface area contributed by atoms with Crippen molar-refractivity contribution in [2.75, 3.05) is 38.1 Å². The van der Waals surface area contributed by atoms with Gasteiger partial charge in [-0.25, -0.2) is 8.42 Å². The van der Waals surface area contributed by atoms with Crippen LogP contribution in [0.4, 0.5) is 17.1 Å². The molecule has 0 bridgehead atoms. The van der Waals surface area contributed by atoms with Crippen LogP contribution in [-0.2, 0) is 21.0 Å².